The fraction of sp³-hybridized carbons (Fsp3) is 0.733. The number of benzene rings is 1. The zero-order valence-electron chi connectivity index (χ0n) is 23.2. The second kappa shape index (κ2) is 13.7. The standard InChI is InChI=1S/C30H50O4Si/c1-7-8-11-15-28(34-35(5,6)30(2,3)4)24-19-17-23(18-20-24)25-21-22-27(31)26(25)14-12-9-10-13-16-29(32)33/h17-20,25-26,28H,7-16,21-22H2,1-6H3,(H,32,33)/t25?,26?,28-/m1/s1. The molecule has 1 fully saturated rings. The van der Waals surface area contributed by atoms with Crippen LogP contribution in [0.3, 0.4) is 0 Å². The van der Waals surface area contributed by atoms with Crippen LogP contribution < -0.4 is 0 Å². The van der Waals surface area contributed by atoms with Crippen LogP contribution >= 0.6 is 0 Å². The van der Waals surface area contributed by atoms with Crippen molar-refractivity contribution in [1.82, 2.24) is 0 Å². The minimum atomic E-state index is -1.88. The maximum atomic E-state index is 12.6. The highest BCUT2D eigenvalue weighted by atomic mass is 28.4. The molecule has 0 aliphatic heterocycles. The Morgan fingerprint density at radius 3 is 2.31 bits per heavy atom. The average molecular weight is 503 g/mol. The Labute approximate surface area is 215 Å². The molecule has 198 valence electrons. The number of ketones is 1. The van der Waals surface area contributed by atoms with E-state index in [-0.39, 0.29) is 23.5 Å². The molecule has 2 unspecified atom stereocenters. The normalized spacial score (nSPS) is 19.8. The summed E-state index contributed by atoms with van der Waals surface area (Å²) in [6, 6.07) is 9.01. The molecule has 5 heteroatoms. The maximum absolute atomic E-state index is 12.6. The number of unbranched alkanes of at least 4 members (excludes halogenated alkanes) is 5. The molecule has 0 heterocycles. The van der Waals surface area contributed by atoms with Crippen LogP contribution in [0.1, 0.15) is 128 Å². The molecular formula is C30H50O4Si. The van der Waals surface area contributed by atoms with Crippen molar-refractivity contribution in [2.24, 2.45) is 5.92 Å². The van der Waals surface area contributed by atoms with Gasteiger partial charge in [-0.3, -0.25) is 9.59 Å². The van der Waals surface area contributed by atoms with Crippen LogP contribution in [-0.4, -0.2) is 25.2 Å². The van der Waals surface area contributed by atoms with E-state index in [0.717, 1.165) is 44.9 Å². The Bertz CT molecular complexity index is 794. The second-order valence-corrected chi connectivity index (χ2v) is 16.9. The van der Waals surface area contributed by atoms with Crippen LogP contribution in [0.5, 0.6) is 0 Å². The van der Waals surface area contributed by atoms with Crippen LogP contribution in [0.25, 0.3) is 0 Å². The maximum Gasteiger partial charge on any atom is 0.303 e. The van der Waals surface area contributed by atoms with Crippen LogP contribution in [0.4, 0.5) is 0 Å². The first-order chi connectivity index (χ1) is 16.5. The molecule has 3 atom stereocenters. The first-order valence-corrected chi connectivity index (χ1v) is 16.9. The molecule has 0 spiro atoms. The van der Waals surface area contributed by atoms with E-state index in [9.17, 15) is 9.59 Å². The Morgan fingerprint density at radius 2 is 1.71 bits per heavy atom. The molecule has 0 aromatic heterocycles. The highest BCUT2D eigenvalue weighted by molar-refractivity contribution is 6.74. The van der Waals surface area contributed by atoms with E-state index in [1.54, 1.807) is 0 Å². The zero-order valence-corrected chi connectivity index (χ0v) is 24.2. The summed E-state index contributed by atoms with van der Waals surface area (Å²) in [7, 11) is -1.88. The van der Waals surface area contributed by atoms with E-state index >= 15 is 0 Å². The molecular weight excluding hydrogens is 452 g/mol. The largest absolute Gasteiger partial charge is 0.481 e. The number of hydrogen-bond acceptors (Lipinski definition) is 3. The fourth-order valence-corrected chi connectivity index (χ4v) is 6.35. The van der Waals surface area contributed by atoms with Gasteiger partial charge in [0.2, 0.25) is 0 Å². The molecule has 0 bridgehead atoms. The average Bonchev–Trinajstić information content (AvgIpc) is 3.15. The quantitative estimate of drug-likeness (QED) is 0.192. The SMILES string of the molecule is CCCCC[C@@H](O[Si](C)(C)C(C)(C)C)c1ccc(C2CCC(=O)C2CCCCCCC(=O)O)cc1. The molecule has 1 saturated carbocycles. The van der Waals surface area contributed by atoms with Crippen LogP contribution in [0.15, 0.2) is 24.3 Å². The third-order valence-corrected chi connectivity index (χ3v) is 12.8. The number of carboxylic acids is 1. The topological polar surface area (TPSA) is 63.6 Å². The lowest BCUT2D eigenvalue weighted by molar-refractivity contribution is -0.137. The highest BCUT2D eigenvalue weighted by Crippen LogP contribution is 2.43. The van der Waals surface area contributed by atoms with Gasteiger partial charge in [-0.15, -0.1) is 0 Å². The first kappa shape index (κ1) is 29.8. The summed E-state index contributed by atoms with van der Waals surface area (Å²) in [5.74, 6) is 0.115. The third-order valence-electron chi connectivity index (χ3n) is 8.31. The number of Topliss-reactive ketones (excluding diaryl/α,β-unsaturated/α-hetero) is 1. The number of aliphatic carboxylic acids is 1. The van der Waals surface area contributed by atoms with Crippen molar-refractivity contribution >= 4 is 20.1 Å². The molecule has 0 saturated heterocycles. The van der Waals surface area contributed by atoms with Crippen molar-refractivity contribution in [2.45, 2.75) is 135 Å². The minimum Gasteiger partial charge on any atom is -0.481 e. The van der Waals surface area contributed by atoms with Gasteiger partial charge in [0.1, 0.15) is 5.78 Å². The lowest BCUT2D eigenvalue weighted by Gasteiger charge is -2.39. The van der Waals surface area contributed by atoms with Gasteiger partial charge in [0.15, 0.2) is 8.32 Å². The predicted octanol–water partition coefficient (Wildman–Crippen LogP) is 8.82. The number of hydrogen-bond donors (Lipinski definition) is 1. The van der Waals surface area contributed by atoms with E-state index in [0.29, 0.717) is 18.1 Å². The Balaban J connectivity index is 2.05. The van der Waals surface area contributed by atoms with Gasteiger partial charge in [-0.2, -0.15) is 0 Å². The molecule has 1 aromatic carbocycles. The lowest BCUT2D eigenvalue weighted by atomic mass is 9.84. The first-order valence-electron chi connectivity index (χ1n) is 14.0. The third kappa shape index (κ3) is 9.17. The van der Waals surface area contributed by atoms with Crippen molar-refractivity contribution in [2.75, 3.05) is 0 Å². The monoisotopic (exact) mass is 502 g/mol. The molecule has 4 nitrogen and oxygen atoms in total. The molecule has 0 amide bonds. The van der Waals surface area contributed by atoms with E-state index in [1.807, 2.05) is 0 Å². The van der Waals surface area contributed by atoms with Crippen molar-refractivity contribution < 1.29 is 19.1 Å². The Kier molecular flexibility index (Phi) is 11.7. The highest BCUT2D eigenvalue weighted by Gasteiger charge is 2.39. The molecule has 1 N–H and O–H groups in total. The van der Waals surface area contributed by atoms with Crippen LogP contribution in [-0.2, 0) is 14.0 Å². The zero-order chi connectivity index (χ0) is 26.1. The van der Waals surface area contributed by atoms with Gasteiger partial charge in [-0.1, -0.05) is 90.5 Å². The summed E-state index contributed by atoms with van der Waals surface area (Å²) >= 11 is 0. The van der Waals surface area contributed by atoms with Gasteiger partial charge in [0.05, 0.1) is 6.10 Å². The number of rotatable bonds is 15. The summed E-state index contributed by atoms with van der Waals surface area (Å²) in [5.41, 5.74) is 2.56. The number of carbonyl (C=O) groups excluding carboxylic acids is 1. The van der Waals surface area contributed by atoms with E-state index < -0.39 is 14.3 Å². The second-order valence-electron chi connectivity index (χ2n) is 12.1. The van der Waals surface area contributed by atoms with Crippen LogP contribution in [0, 0.1) is 5.92 Å². The lowest BCUT2D eigenvalue weighted by Crippen LogP contribution is -2.41. The summed E-state index contributed by atoms with van der Waals surface area (Å²) in [4.78, 5) is 23.3. The van der Waals surface area contributed by atoms with Gasteiger partial charge >= 0.3 is 5.97 Å². The molecule has 2 rings (SSSR count). The number of carbonyl (C=O) groups is 2. The Hall–Kier alpha value is -1.46. The van der Waals surface area contributed by atoms with Gasteiger partial charge < -0.3 is 9.53 Å². The van der Waals surface area contributed by atoms with E-state index in [4.69, 9.17) is 9.53 Å². The van der Waals surface area contributed by atoms with Crippen molar-refractivity contribution in [3.63, 3.8) is 0 Å². The van der Waals surface area contributed by atoms with E-state index in [1.165, 1.54) is 30.4 Å². The molecule has 1 aromatic rings. The van der Waals surface area contributed by atoms with Gasteiger partial charge in [0, 0.05) is 18.8 Å². The predicted molar refractivity (Wildman–Crippen MR) is 147 cm³/mol. The molecule has 1 aliphatic rings. The van der Waals surface area contributed by atoms with Crippen molar-refractivity contribution in [3.05, 3.63) is 35.4 Å². The van der Waals surface area contributed by atoms with Gasteiger partial charge in [0.25, 0.3) is 0 Å². The summed E-state index contributed by atoms with van der Waals surface area (Å²) in [6.07, 6.45) is 11.3. The van der Waals surface area contributed by atoms with Crippen molar-refractivity contribution in [3.8, 4) is 0 Å². The van der Waals surface area contributed by atoms with E-state index in [2.05, 4.69) is 65.1 Å². The molecule has 0 radical (unpaired) electrons. The molecule has 1 aliphatic carbocycles. The smallest absolute Gasteiger partial charge is 0.303 e. The molecule has 35 heavy (non-hydrogen) atoms. The van der Waals surface area contributed by atoms with Crippen LogP contribution in [0.2, 0.25) is 18.1 Å². The minimum absolute atomic E-state index is 0.115. The summed E-state index contributed by atoms with van der Waals surface area (Å²) < 4.78 is 6.89. The van der Waals surface area contributed by atoms with Gasteiger partial charge in [-0.05, 0) is 60.9 Å². The summed E-state index contributed by atoms with van der Waals surface area (Å²) in [6.45, 7) is 13.8. The van der Waals surface area contributed by atoms with Crippen molar-refractivity contribution in [1.29, 1.82) is 0 Å². The number of carboxylic acid groups (broad SMARTS) is 1. The van der Waals surface area contributed by atoms with Gasteiger partial charge in [-0.25, -0.2) is 0 Å². The fourth-order valence-electron chi connectivity index (χ4n) is 5.03. The summed E-state index contributed by atoms with van der Waals surface area (Å²) in [5, 5.41) is 8.97. The Morgan fingerprint density at radius 1 is 1.06 bits per heavy atom.